The van der Waals surface area contributed by atoms with E-state index in [0.29, 0.717) is 5.82 Å². The fourth-order valence-corrected chi connectivity index (χ4v) is 3.17. The Kier molecular flexibility index (Phi) is 3.91. The summed E-state index contributed by atoms with van der Waals surface area (Å²) >= 11 is 5.68. The van der Waals surface area contributed by atoms with Crippen LogP contribution in [0.25, 0.3) is 11.6 Å². The van der Waals surface area contributed by atoms with Crippen LogP contribution in [-0.2, 0) is 5.41 Å². The van der Waals surface area contributed by atoms with Gasteiger partial charge in [0.15, 0.2) is 16.4 Å². The number of anilines is 1. The minimum atomic E-state index is -4.57. The van der Waals surface area contributed by atoms with Crippen LogP contribution in [0.4, 0.5) is 19.0 Å². The first-order chi connectivity index (χ1) is 12.4. The Bertz CT molecular complexity index is 912. The van der Waals surface area contributed by atoms with Crippen molar-refractivity contribution < 1.29 is 22.1 Å². The second kappa shape index (κ2) is 6.01. The predicted octanol–water partition coefficient (Wildman–Crippen LogP) is 4.09. The zero-order valence-electron chi connectivity index (χ0n) is 13.2. The van der Waals surface area contributed by atoms with Crippen LogP contribution < -0.4 is 4.90 Å². The molecule has 0 bridgehead atoms. The molecule has 10 heteroatoms. The molecule has 3 aromatic rings. The van der Waals surface area contributed by atoms with Gasteiger partial charge in [-0.2, -0.15) is 18.2 Å². The van der Waals surface area contributed by atoms with Crippen molar-refractivity contribution in [1.29, 1.82) is 0 Å². The van der Waals surface area contributed by atoms with Crippen LogP contribution in [0.2, 0.25) is 5.22 Å². The summed E-state index contributed by atoms with van der Waals surface area (Å²) in [6.07, 6.45) is -3.25. The van der Waals surface area contributed by atoms with E-state index in [1.807, 2.05) is 0 Å². The van der Waals surface area contributed by atoms with Crippen molar-refractivity contribution in [2.45, 2.75) is 18.0 Å². The Hall–Kier alpha value is -2.55. The maximum Gasteiger partial charge on any atom is 0.405 e. The molecule has 136 valence electrons. The van der Waals surface area contributed by atoms with Gasteiger partial charge in [-0.05, 0) is 42.3 Å². The van der Waals surface area contributed by atoms with Crippen molar-refractivity contribution >= 4 is 17.4 Å². The number of alkyl halides is 3. The minimum absolute atomic E-state index is 0.0770. The molecular formula is C16H12ClF3N4O2. The third-order valence-electron chi connectivity index (χ3n) is 4.41. The van der Waals surface area contributed by atoms with E-state index in [2.05, 4.69) is 15.1 Å². The summed E-state index contributed by atoms with van der Waals surface area (Å²) in [5.41, 5.74) is -2.27. The molecule has 1 unspecified atom stereocenters. The summed E-state index contributed by atoms with van der Waals surface area (Å²) < 4.78 is 52.1. The smallest absolute Gasteiger partial charge is 0.405 e. The number of rotatable bonds is 3. The van der Waals surface area contributed by atoms with E-state index in [4.69, 9.17) is 20.5 Å². The van der Waals surface area contributed by atoms with E-state index in [1.165, 1.54) is 18.3 Å². The molecule has 3 aromatic heterocycles. The number of pyridine rings is 1. The third kappa shape index (κ3) is 2.72. The molecule has 1 aliphatic heterocycles. The highest BCUT2D eigenvalue weighted by Crippen LogP contribution is 2.48. The van der Waals surface area contributed by atoms with E-state index in [1.54, 1.807) is 23.1 Å². The van der Waals surface area contributed by atoms with Gasteiger partial charge in [0.25, 0.3) is 0 Å². The van der Waals surface area contributed by atoms with Crippen LogP contribution in [0.1, 0.15) is 12.3 Å². The molecule has 1 fully saturated rings. The zero-order chi connectivity index (χ0) is 18.4. The lowest BCUT2D eigenvalue weighted by Crippen LogP contribution is -2.45. The fourth-order valence-electron chi connectivity index (χ4n) is 3.03. The van der Waals surface area contributed by atoms with E-state index in [-0.39, 0.29) is 36.3 Å². The highest BCUT2D eigenvalue weighted by atomic mass is 35.5. The highest BCUT2D eigenvalue weighted by Gasteiger charge is 2.63. The van der Waals surface area contributed by atoms with Crippen molar-refractivity contribution in [2.75, 3.05) is 18.0 Å². The number of halogens is 4. The molecule has 1 aliphatic rings. The van der Waals surface area contributed by atoms with Gasteiger partial charge in [-0.3, -0.25) is 0 Å². The number of hydrogen-bond acceptors (Lipinski definition) is 6. The van der Waals surface area contributed by atoms with Gasteiger partial charge in [0, 0.05) is 19.3 Å². The van der Waals surface area contributed by atoms with Crippen LogP contribution in [0.15, 0.2) is 45.5 Å². The quantitative estimate of drug-likeness (QED) is 0.677. The van der Waals surface area contributed by atoms with Crippen LogP contribution in [-0.4, -0.2) is 34.4 Å². The number of nitrogens with zero attached hydrogens (tertiary/aromatic N) is 4. The SMILES string of the molecule is FC(F)(F)C1(c2nc(-c3ccc(Cl)o3)no2)CCN(c2ccccn2)C1. The first-order valence-electron chi connectivity index (χ1n) is 7.72. The average molecular weight is 385 g/mol. The van der Waals surface area contributed by atoms with E-state index in [0.717, 1.165) is 0 Å². The maximum atomic E-state index is 14.0. The molecule has 4 rings (SSSR count). The summed E-state index contributed by atoms with van der Waals surface area (Å²) in [4.78, 5) is 9.62. The second-order valence-electron chi connectivity index (χ2n) is 5.97. The lowest BCUT2D eigenvalue weighted by atomic mass is 9.86. The first kappa shape index (κ1) is 16.9. The van der Waals surface area contributed by atoms with Crippen molar-refractivity contribution in [3.8, 4) is 11.6 Å². The van der Waals surface area contributed by atoms with Gasteiger partial charge in [0.1, 0.15) is 5.82 Å². The van der Waals surface area contributed by atoms with Gasteiger partial charge in [-0.15, -0.1) is 0 Å². The molecule has 0 spiro atoms. The molecule has 0 aliphatic carbocycles. The fraction of sp³-hybridized carbons (Fsp3) is 0.312. The lowest BCUT2D eigenvalue weighted by molar-refractivity contribution is -0.191. The van der Waals surface area contributed by atoms with Crippen LogP contribution >= 0.6 is 11.6 Å². The molecule has 0 aromatic carbocycles. The van der Waals surface area contributed by atoms with Crippen LogP contribution in [0.5, 0.6) is 0 Å². The Morgan fingerprint density at radius 3 is 2.69 bits per heavy atom. The van der Waals surface area contributed by atoms with E-state index >= 15 is 0 Å². The lowest BCUT2D eigenvalue weighted by Gasteiger charge is -2.28. The van der Waals surface area contributed by atoms with Gasteiger partial charge in [-0.25, -0.2) is 4.98 Å². The van der Waals surface area contributed by atoms with Gasteiger partial charge in [0.05, 0.1) is 0 Å². The van der Waals surface area contributed by atoms with Gasteiger partial charge in [0.2, 0.25) is 11.7 Å². The molecule has 26 heavy (non-hydrogen) atoms. The molecule has 0 N–H and O–H groups in total. The topological polar surface area (TPSA) is 68.2 Å². The summed E-state index contributed by atoms with van der Waals surface area (Å²) in [5.74, 6) is 0.0378. The van der Waals surface area contributed by atoms with Crippen molar-refractivity contribution in [3.05, 3.63) is 47.6 Å². The van der Waals surface area contributed by atoms with Crippen LogP contribution in [0.3, 0.4) is 0 Å². The molecule has 1 saturated heterocycles. The van der Waals surface area contributed by atoms with Crippen molar-refractivity contribution in [3.63, 3.8) is 0 Å². The third-order valence-corrected chi connectivity index (χ3v) is 4.62. The van der Waals surface area contributed by atoms with Crippen molar-refractivity contribution in [1.82, 2.24) is 15.1 Å². The molecule has 0 amide bonds. The summed E-state index contributed by atoms with van der Waals surface area (Å²) in [6, 6.07) is 8.00. The second-order valence-corrected chi connectivity index (χ2v) is 6.34. The van der Waals surface area contributed by atoms with Crippen molar-refractivity contribution in [2.24, 2.45) is 0 Å². The number of aromatic nitrogens is 3. The summed E-state index contributed by atoms with van der Waals surface area (Å²) in [6.45, 7) is -0.186. The van der Waals surface area contributed by atoms with Gasteiger partial charge < -0.3 is 13.8 Å². The van der Waals surface area contributed by atoms with Gasteiger partial charge >= 0.3 is 6.18 Å². The molecule has 0 saturated carbocycles. The zero-order valence-corrected chi connectivity index (χ0v) is 14.0. The van der Waals surface area contributed by atoms with E-state index in [9.17, 15) is 13.2 Å². The average Bonchev–Trinajstić information content (AvgIpc) is 3.34. The Morgan fingerprint density at radius 1 is 1.19 bits per heavy atom. The standard InChI is InChI=1S/C16H12ClF3N4O2/c17-11-5-4-10(25-11)13-22-14(26-23-13)15(16(18,19)20)6-8-24(9-15)12-3-1-2-7-21-12/h1-5,7H,6,8-9H2. The number of furan rings is 1. The minimum Gasteiger partial charge on any atom is -0.441 e. The Balaban J connectivity index is 1.70. The molecular weight excluding hydrogens is 373 g/mol. The summed E-state index contributed by atoms with van der Waals surface area (Å²) in [5, 5.41) is 3.71. The molecule has 4 heterocycles. The first-order valence-corrected chi connectivity index (χ1v) is 8.09. The van der Waals surface area contributed by atoms with Crippen LogP contribution in [0, 0.1) is 0 Å². The normalized spacial score (nSPS) is 20.7. The highest BCUT2D eigenvalue weighted by molar-refractivity contribution is 6.28. The predicted molar refractivity (Wildman–Crippen MR) is 85.8 cm³/mol. The largest absolute Gasteiger partial charge is 0.441 e. The molecule has 6 nitrogen and oxygen atoms in total. The Morgan fingerprint density at radius 2 is 2.04 bits per heavy atom. The molecule has 0 radical (unpaired) electrons. The Labute approximate surface area is 150 Å². The number of hydrogen-bond donors (Lipinski definition) is 0. The molecule has 1 atom stereocenters. The van der Waals surface area contributed by atoms with Gasteiger partial charge in [-0.1, -0.05) is 11.2 Å². The van der Waals surface area contributed by atoms with E-state index < -0.39 is 17.5 Å². The monoisotopic (exact) mass is 384 g/mol. The summed E-state index contributed by atoms with van der Waals surface area (Å²) in [7, 11) is 0. The maximum absolute atomic E-state index is 14.0.